The number of carboxylic acid groups (broad SMARTS) is 1. The highest BCUT2D eigenvalue weighted by Crippen LogP contribution is 2.42. The second-order valence-corrected chi connectivity index (χ2v) is 9.82. The molecule has 0 spiro atoms. The third kappa shape index (κ3) is 3.74. The van der Waals surface area contributed by atoms with Gasteiger partial charge in [-0.25, -0.2) is 19.4 Å². The molecule has 0 saturated carbocycles. The molecule has 1 amide bonds. The molecule has 168 valence electrons. The molecule has 5 rings (SSSR count). The highest BCUT2D eigenvalue weighted by Gasteiger charge is 2.27. The van der Waals surface area contributed by atoms with Crippen LogP contribution >= 0.6 is 11.3 Å². The molecule has 0 aliphatic carbocycles. The van der Waals surface area contributed by atoms with Gasteiger partial charge in [0.25, 0.3) is 0 Å². The predicted molar refractivity (Wildman–Crippen MR) is 122 cm³/mol. The van der Waals surface area contributed by atoms with Crippen LogP contribution in [0.1, 0.15) is 54.9 Å². The molecule has 4 heterocycles. The molecule has 1 aromatic carbocycles. The van der Waals surface area contributed by atoms with Crippen molar-refractivity contribution in [2.24, 2.45) is 0 Å². The fourth-order valence-electron chi connectivity index (χ4n) is 4.55. The summed E-state index contributed by atoms with van der Waals surface area (Å²) >= 11 is 1.66. The SMILES string of the molecule is Cc1nc(-c2nc3c(s2)CCOc2cc(C4CCCN(C(=O)O)C4)ccc2-3)n(C(C)C)n1. The fraction of sp³-hybridized carbons (Fsp3) is 0.478. The molecule has 2 aromatic heterocycles. The van der Waals surface area contributed by atoms with E-state index in [0.29, 0.717) is 19.7 Å². The average molecular weight is 454 g/mol. The van der Waals surface area contributed by atoms with Crippen molar-refractivity contribution in [3.05, 3.63) is 34.5 Å². The van der Waals surface area contributed by atoms with Gasteiger partial charge in [0.2, 0.25) is 0 Å². The summed E-state index contributed by atoms with van der Waals surface area (Å²) in [4.78, 5) is 23.7. The molecule has 1 unspecified atom stereocenters. The van der Waals surface area contributed by atoms with Crippen molar-refractivity contribution < 1.29 is 14.6 Å². The zero-order chi connectivity index (χ0) is 22.4. The molecular formula is C23H27N5O3S. The van der Waals surface area contributed by atoms with E-state index in [0.717, 1.165) is 58.5 Å². The minimum absolute atomic E-state index is 0.190. The summed E-state index contributed by atoms with van der Waals surface area (Å²) in [6.07, 6.45) is 1.82. The molecule has 8 nitrogen and oxygen atoms in total. The number of hydrogen-bond donors (Lipinski definition) is 1. The average Bonchev–Trinajstić information content (AvgIpc) is 3.33. The van der Waals surface area contributed by atoms with E-state index in [1.54, 1.807) is 11.3 Å². The number of fused-ring (bicyclic) bond motifs is 3. The maximum atomic E-state index is 11.4. The van der Waals surface area contributed by atoms with Gasteiger partial charge in [-0.15, -0.1) is 11.3 Å². The number of thiazole rings is 1. The first-order valence-corrected chi connectivity index (χ1v) is 11.9. The Morgan fingerprint density at radius 1 is 1.31 bits per heavy atom. The summed E-state index contributed by atoms with van der Waals surface area (Å²) in [6, 6.07) is 6.47. The number of likely N-dealkylation sites (tertiary alicyclic amines) is 1. The van der Waals surface area contributed by atoms with Gasteiger partial charge >= 0.3 is 6.09 Å². The number of hydrogen-bond acceptors (Lipinski definition) is 6. The number of piperidine rings is 1. The molecule has 1 saturated heterocycles. The molecule has 1 fully saturated rings. The van der Waals surface area contributed by atoms with Crippen LogP contribution in [-0.4, -0.2) is 55.5 Å². The zero-order valence-corrected chi connectivity index (χ0v) is 19.4. The van der Waals surface area contributed by atoms with Gasteiger partial charge in [-0.1, -0.05) is 6.07 Å². The Labute approximate surface area is 190 Å². The Morgan fingerprint density at radius 3 is 2.94 bits per heavy atom. The van der Waals surface area contributed by atoms with Gasteiger partial charge < -0.3 is 14.7 Å². The summed E-state index contributed by atoms with van der Waals surface area (Å²) < 4.78 is 8.05. The molecule has 2 aliphatic rings. The number of aryl methyl sites for hydroxylation is 1. The van der Waals surface area contributed by atoms with Crippen LogP contribution in [0.2, 0.25) is 0 Å². The van der Waals surface area contributed by atoms with E-state index in [4.69, 9.17) is 9.72 Å². The lowest BCUT2D eigenvalue weighted by Gasteiger charge is -2.31. The Kier molecular flexibility index (Phi) is 5.36. The normalized spacial score (nSPS) is 18.1. The van der Waals surface area contributed by atoms with Gasteiger partial charge in [0, 0.05) is 41.9 Å². The first kappa shape index (κ1) is 20.9. The quantitative estimate of drug-likeness (QED) is 0.615. The fourth-order valence-corrected chi connectivity index (χ4v) is 5.59. The lowest BCUT2D eigenvalue weighted by molar-refractivity contribution is 0.130. The lowest BCUT2D eigenvalue weighted by Crippen LogP contribution is -2.38. The van der Waals surface area contributed by atoms with Crippen molar-refractivity contribution in [3.63, 3.8) is 0 Å². The highest BCUT2D eigenvalue weighted by molar-refractivity contribution is 7.15. The van der Waals surface area contributed by atoms with Crippen LogP contribution in [0.15, 0.2) is 18.2 Å². The third-order valence-electron chi connectivity index (χ3n) is 6.13. The Bertz CT molecular complexity index is 1170. The van der Waals surface area contributed by atoms with Crippen LogP contribution in [0.4, 0.5) is 4.79 Å². The summed E-state index contributed by atoms with van der Waals surface area (Å²) in [5.74, 6) is 2.57. The molecule has 1 atom stereocenters. The number of rotatable bonds is 3. The number of amides is 1. The van der Waals surface area contributed by atoms with E-state index >= 15 is 0 Å². The summed E-state index contributed by atoms with van der Waals surface area (Å²) in [5, 5.41) is 14.8. The lowest BCUT2D eigenvalue weighted by atomic mass is 9.89. The summed E-state index contributed by atoms with van der Waals surface area (Å²) in [6.45, 7) is 7.83. The van der Waals surface area contributed by atoms with Gasteiger partial charge in [-0.3, -0.25) is 0 Å². The Morgan fingerprint density at radius 2 is 2.16 bits per heavy atom. The predicted octanol–water partition coefficient (Wildman–Crippen LogP) is 4.75. The van der Waals surface area contributed by atoms with Crippen molar-refractivity contribution in [3.8, 4) is 27.8 Å². The molecule has 0 bridgehead atoms. The number of ether oxygens (including phenoxy) is 1. The van der Waals surface area contributed by atoms with Crippen molar-refractivity contribution in [2.75, 3.05) is 19.7 Å². The highest BCUT2D eigenvalue weighted by atomic mass is 32.1. The second-order valence-electron chi connectivity index (χ2n) is 8.73. The number of aromatic nitrogens is 4. The number of carbonyl (C=O) groups is 1. The first-order valence-electron chi connectivity index (χ1n) is 11.1. The Balaban J connectivity index is 1.50. The maximum Gasteiger partial charge on any atom is 0.407 e. The smallest absolute Gasteiger partial charge is 0.407 e. The largest absolute Gasteiger partial charge is 0.492 e. The summed E-state index contributed by atoms with van der Waals surface area (Å²) in [7, 11) is 0. The van der Waals surface area contributed by atoms with Crippen LogP contribution in [0, 0.1) is 6.92 Å². The van der Waals surface area contributed by atoms with E-state index in [2.05, 4.69) is 42.1 Å². The molecule has 32 heavy (non-hydrogen) atoms. The van der Waals surface area contributed by atoms with Crippen LogP contribution in [0.25, 0.3) is 22.1 Å². The van der Waals surface area contributed by atoms with E-state index < -0.39 is 6.09 Å². The monoisotopic (exact) mass is 453 g/mol. The van der Waals surface area contributed by atoms with Gasteiger partial charge in [0.05, 0.1) is 12.3 Å². The number of nitrogens with zero attached hydrogens (tertiary/aromatic N) is 5. The van der Waals surface area contributed by atoms with E-state index in [-0.39, 0.29) is 12.0 Å². The van der Waals surface area contributed by atoms with E-state index in [1.807, 2.05) is 11.6 Å². The van der Waals surface area contributed by atoms with Crippen molar-refractivity contribution in [1.29, 1.82) is 0 Å². The topological polar surface area (TPSA) is 93.4 Å². The first-order chi connectivity index (χ1) is 15.4. The minimum atomic E-state index is -0.843. The second kappa shape index (κ2) is 8.20. The summed E-state index contributed by atoms with van der Waals surface area (Å²) in [5.41, 5.74) is 3.07. The molecule has 2 aliphatic heterocycles. The van der Waals surface area contributed by atoms with Gasteiger partial charge in [-0.2, -0.15) is 5.10 Å². The van der Waals surface area contributed by atoms with Crippen molar-refractivity contribution >= 4 is 17.4 Å². The van der Waals surface area contributed by atoms with Crippen molar-refractivity contribution in [2.45, 2.75) is 52.0 Å². The molecule has 0 radical (unpaired) electrons. The van der Waals surface area contributed by atoms with Crippen LogP contribution in [0.5, 0.6) is 5.75 Å². The Hall–Kier alpha value is -2.94. The van der Waals surface area contributed by atoms with Gasteiger partial charge in [0.1, 0.15) is 11.6 Å². The third-order valence-corrected chi connectivity index (χ3v) is 7.24. The van der Waals surface area contributed by atoms with Crippen LogP contribution < -0.4 is 4.74 Å². The number of benzene rings is 1. The van der Waals surface area contributed by atoms with E-state index in [1.165, 1.54) is 9.78 Å². The standard InChI is InChI=1S/C23H27N5O3S/c1-13(2)28-21(24-14(3)26-28)22-25-20-17-7-6-15(11-18(17)31-10-8-19(20)32-22)16-5-4-9-27(12-16)23(29)30/h6-7,11,13,16H,4-5,8-10,12H2,1-3H3,(H,29,30). The molecular weight excluding hydrogens is 426 g/mol. The van der Waals surface area contributed by atoms with Gasteiger partial charge in [0.15, 0.2) is 10.8 Å². The molecule has 9 heteroatoms. The maximum absolute atomic E-state index is 11.4. The van der Waals surface area contributed by atoms with E-state index in [9.17, 15) is 9.90 Å². The van der Waals surface area contributed by atoms with Crippen LogP contribution in [-0.2, 0) is 6.42 Å². The van der Waals surface area contributed by atoms with Gasteiger partial charge in [-0.05, 0) is 51.3 Å². The zero-order valence-electron chi connectivity index (χ0n) is 18.5. The minimum Gasteiger partial charge on any atom is -0.492 e. The van der Waals surface area contributed by atoms with Crippen LogP contribution in [0.3, 0.4) is 0 Å². The molecule has 3 aromatic rings. The van der Waals surface area contributed by atoms with Crippen molar-refractivity contribution in [1.82, 2.24) is 24.6 Å². The molecule has 1 N–H and O–H groups in total.